The van der Waals surface area contributed by atoms with Crippen molar-refractivity contribution in [2.24, 2.45) is 5.92 Å². The lowest BCUT2D eigenvalue weighted by molar-refractivity contribution is -0.126. The Hall–Kier alpha value is -3.66. The molecule has 0 aromatic heterocycles. The van der Waals surface area contributed by atoms with E-state index in [-0.39, 0.29) is 28.5 Å². The van der Waals surface area contributed by atoms with Crippen molar-refractivity contribution < 1.29 is 22.8 Å². The van der Waals surface area contributed by atoms with Gasteiger partial charge in [0.25, 0.3) is 15.9 Å². The van der Waals surface area contributed by atoms with Crippen molar-refractivity contribution >= 4 is 39.1 Å². The maximum Gasteiger partial charge on any atom is 0.261 e. The summed E-state index contributed by atoms with van der Waals surface area (Å²) in [5.74, 6) is -0.809. The molecule has 9 nitrogen and oxygen atoms in total. The number of benzene rings is 2. The van der Waals surface area contributed by atoms with Gasteiger partial charge in [-0.2, -0.15) is 0 Å². The average Bonchev–Trinajstić information content (AvgIpc) is 2.82. The van der Waals surface area contributed by atoms with Gasteiger partial charge in [0.2, 0.25) is 11.8 Å². The normalized spacial score (nSPS) is 15.8. The largest absolute Gasteiger partial charge is 0.352 e. The van der Waals surface area contributed by atoms with E-state index in [0.717, 1.165) is 12.8 Å². The second-order valence-corrected chi connectivity index (χ2v) is 9.69. The topological polar surface area (TPSA) is 125 Å². The molecule has 0 unspecified atom stereocenters. The third-order valence-corrected chi connectivity index (χ3v) is 6.77. The Bertz CT molecular complexity index is 1160. The molecule has 2 aromatic rings. The summed E-state index contributed by atoms with van der Waals surface area (Å²) in [6.45, 7) is 6.24. The highest BCUT2D eigenvalue weighted by molar-refractivity contribution is 7.92. The van der Waals surface area contributed by atoms with Crippen LogP contribution in [0.1, 0.15) is 30.1 Å². The van der Waals surface area contributed by atoms with Crippen LogP contribution in [-0.4, -0.2) is 50.7 Å². The van der Waals surface area contributed by atoms with E-state index in [2.05, 4.69) is 21.9 Å². The number of hydrogen-bond acceptors (Lipinski definition) is 5. The molecule has 3 N–H and O–H groups in total. The van der Waals surface area contributed by atoms with Crippen LogP contribution in [-0.2, 0) is 19.6 Å². The van der Waals surface area contributed by atoms with E-state index in [1.165, 1.54) is 43.3 Å². The van der Waals surface area contributed by atoms with Gasteiger partial charge in [-0.1, -0.05) is 6.08 Å². The molecule has 3 amide bonds. The number of carbonyl (C=O) groups is 3. The number of carbonyl (C=O) groups excluding carboxylic acids is 3. The summed E-state index contributed by atoms with van der Waals surface area (Å²) in [5, 5.41) is 5.36. The van der Waals surface area contributed by atoms with Gasteiger partial charge in [0.05, 0.1) is 10.8 Å². The Morgan fingerprint density at radius 3 is 2.32 bits per heavy atom. The smallest absolute Gasteiger partial charge is 0.261 e. The van der Waals surface area contributed by atoms with Crippen LogP contribution in [0, 0.1) is 5.92 Å². The molecular formula is C24H28N4O5S. The highest BCUT2D eigenvalue weighted by Crippen LogP contribution is 2.22. The van der Waals surface area contributed by atoms with E-state index in [4.69, 9.17) is 0 Å². The van der Waals surface area contributed by atoms with E-state index in [0.29, 0.717) is 36.6 Å². The number of sulfonamides is 1. The van der Waals surface area contributed by atoms with Gasteiger partial charge >= 0.3 is 0 Å². The fraction of sp³-hybridized carbons (Fsp3) is 0.292. The molecule has 1 fully saturated rings. The Morgan fingerprint density at radius 2 is 1.71 bits per heavy atom. The van der Waals surface area contributed by atoms with Crippen molar-refractivity contribution in [2.75, 3.05) is 29.7 Å². The zero-order valence-corrected chi connectivity index (χ0v) is 19.7. The van der Waals surface area contributed by atoms with Gasteiger partial charge in [-0.3, -0.25) is 19.1 Å². The molecule has 1 saturated heterocycles. The van der Waals surface area contributed by atoms with Crippen LogP contribution in [0.4, 0.5) is 11.4 Å². The second kappa shape index (κ2) is 11.0. The lowest BCUT2D eigenvalue weighted by Crippen LogP contribution is -2.45. The van der Waals surface area contributed by atoms with Gasteiger partial charge in [-0.05, 0) is 61.4 Å². The van der Waals surface area contributed by atoms with Crippen molar-refractivity contribution in [3.8, 4) is 0 Å². The number of nitrogens with one attached hydrogen (secondary N) is 3. The molecule has 1 heterocycles. The molecule has 34 heavy (non-hydrogen) atoms. The van der Waals surface area contributed by atoms with E-state index >= 15 is 0 Å². The van der Waals surface area contributed by atoms with Gasteiger partial charge in [-0.15, -0.1) is 6.58 Å². The zero-order valence-electron chi connectivity index (χ0n) is 18.9. The van der Waals surface area contributed by atoms with Crippen molar-refractivity contribution in [3.05, 3.63) is 66.7 Å². The maximum absolute atomic E-state index is 12.9. The van der Waals surface area contributed by atoms with Gasteiger partial charge in [0.1, 0.15) is 0 Å². The monoisotopic (exact) mass is 484 g/mol. The van der Waals surface area contributed by atoms with E-state index in [9.17, 15) is 22.8 Å². The molecule has 180 valence electrons. The maximum atomic E-state index is 12.9. The third-order valence-electron chi connectivity index (χ3n) is 5.37. The number of amides is 3. The summed E-state index contributed by atoms with van der Waals surface area (Å²) < 4.78 is 27.8. The van der Waals surface area contributed by atoms with E-state index in [1.54, 1.807) is 23.1 Å². The summed E-state index contributed by atoms with van der Waals surface area (Å²) in [7, 11) is -3.85. The number of rotatable bonds is 8. The molecule has 1 aliphatic rings. The van der Waals surface area contributed by atoms with Gasteiger partial charge < -0.3 is 15.5 Å². The summed E-state index contributed by atoms with van der Waals surface area (Å²) in [6, 6.07) is 11.9. The van der Waals surface area contributed by atoms with Gasteiger partial charge in [0.15, 0.2) is 0 Å². The Kier molecular flexibility index (Phi) is 8.06. The first-order valence-electron chi connectivity index (χ1n) is 10.9. The molecular weight excluding hydrogens is 456 g/mol. The SMILES string of the molecule is C=CCNC(=O)[C@H]1CCCN(C(=O)c2ccc(NS(=O)(=O)c3ccc(NC(C)=O)cc3)cc2)C1. The number of hydrogen-bond donors (Lipinski definition) is 3. The first kappa shape index (κ1) is 25.0. The average molecular weight is 485 g/mol. The molecule has 0 spiro atoms. The van der Waals surface area contributed by atoms with Crippen molar-refractivity contribution in [2.45, 2.75) is 24.7 Å². The van der Waals surface area contributed by atoms with Crippen LogP contribution in [0.2, 0.25) is 0 Å². The Balaban J connectivity index is 1.64. The van der Waals surface area contributed by atoms with Crippen molar-refractivity contribution in [1.82, 2.24) is 10.2 Å². The first-order valence-corrected chi connectivity index (χ1v) is 12.4. The standard InChI is InChI=1S/C24H28N4O5S/c1-3-14-25-23(30)19-5-4-15-28(16-19)24(31)18-6-8-21(9-7-18)27-34(32,33)22-12-10-20(11-13-22)26-17(2)29/h3,6-13,19,27H,1,4-5,14-16H2,2H3,(H,25,30)(H,26,29)/t19-/m0/s1. The molecule has 1 aliphatic heterocycles. The van der Waals surface area contributed by atoms with Crippen LogP contribution < -0.4 is 15.4 Å². The van der Waals surface area contributed by atoms with Crippen molar-refractivity contribution in [3.63, 3.8) is 0 Å². The quantitative estimate of drug-likeness (QED) is 0.497. The first-order chi connectivity index (χ1) is 16.2. The van der Waals surface area contributed by atoms with E-state index < -0.39 is 10.0 Å². The number of likely N-dealkylation sites (tertiary alicyclic amines) is 1. The predicted octanol–water partition coefficient (Wildman–Crippen LogP) is 2.60. The van der Waals surface area contributed by atoms with Gasteiger partial charge in [-0.25, -0.2) is 8.42 Å². The Labute approximate surface area is 199 Å². The molecule has 3 rings (SSSR count). The van der Waals surface area contributed by atoms with Crippen LogP contribution in [0.3, 0.4) is 0 Å². The number of piperidine rings is 1. The van der Waals surface area contributed by atoms with Crippen LogP contribution >= 0.6 is 0 Å². The van der Waals surface area contributed by atoms with Crippen LogP contribution in [0.25, 0.3) is 0 Å². The third kappa shape index (κ3) is 6.44. The molecule has 0 saturated carbocycles. The molecule has 10 heteroatoms. The van der Waals surface area contributed by atoms with Gasteiger partial charge in [0, 0.05) is 43.5 Å². The summed E-state index contributed by atoms with van der Waals surface area (Å²) in [5.41, 5.74) is 1.21. The zero-order chi connectivity index (χ0) is 24.7. The number of nitrogens with zero attached hydrogens (tertiary/aromatic N) is 1. The summed E-state index contributed by atoms with van der Waals surface area (Å²) in [6.07, 6.45) is 3.07. The molecule has 2 aromatic carbocycles. The lowest BCUT2D eigenvalue weighted by atomic mass is 9.96. The highest BCUT2D eigenvalue weighted by Gasteiger charge is 2.28. The molecule has 0 bridgehead atoms. The fourth-order valence-electron chi connectivity index (χ4n) is 3.69. The fourth-order valence-corrected chi connectivity index (χ4v) is 4.75. The minimum atomic E-state index is -3.85. The number of anilines is 2. The summed E-state index contributed by atoms with van der Waals surface area (Å²) >= 11 is 0. The highest BCUT2D eigenvalue weighted by atomic mass is 32.2. The molecule has 1 atom stereocenters. The molecule has 0 radical (unpaired) electrons. The minimum Gasteiger partial charge on any atom is -0.352 e. The lowest BCUT2D eigenvalue weighted by Gasteiger charge is -2.32. The van der Waals surface area contributed by atoms with E-state index in [1.807, 2.05) is 0 Å². The minimum absolute atomic E-state index is 0.0378. The summed E-state index contributed by atoms with van der Waals surface area (Å²) in [4.78, 5) is 38.0. The van der Waals surface area contributed by atoms with Crippen LogP contribution in [0.5, 0.6) is 0 Å². The Morgan fingerprint density at radius 1 is 1.06 bits per heavy atom. The predicted molar refractivity (Wildman–Crippen MR) is 130 cm³/mol. The van der Waals surface area contributed by atoms with Crippen LogP contribution in [0.15, 0.2) is 66.1 Å². The molecule has 0 aliphatic carbocycles. The van der Waals surface area contributed by atoms with Crippen molar-refractivity contribution in [1.29, 1.82) is 0 Å². The second-order valence-electron chi connectivity index (χ2n) is 8.01.